The number of nitrogens with zero attached hydrogens (tertiary/aromatic N) is 3. The number of aromatic amines is 1. The number of tetrazole rings is 1. The number of thiophene rings is 1. The fraction of sp³-hybridized carbons (Fsp3) is 0.500. The molecule has 1 saturated heterocycles. The van der Waals surface area contributed by atoms with Crippen LogP contribution < -0.4 is 5.32 Å². The maximum absolute atomic E-state index is 4.20. The lowest BCUT2D eigenvalue weighted by Crippen LogP contribution is -2.41. The molecule has 3 heterocycles. The van der Waals surface area contributed by atoms with Gasteiger partial charge in [0.25, 0.3) is 0 Å². The SMILES string of the molecule is c1csc(C2(c3nn[nH]n3)CCNCC2)c1. The summed E-state index contributed by atoms with van der Waals surface area (Å²) >= 11 is 1.78. The summed E-state index contributed by atoms with van der Waals surface area (Å²) in [4.78, 5) is 1.34. The molecule has 1 aliphatic heterocycles. The van der Waals surface area contributed by atoms with Gasteiger partial charge in [-0.3, -0.25) is 0 Å². The highest BCUT2D eigenvalue weighted by Crippen LogP contribution is 2.40. The van der Waals surface area contributed by atoms with Gasteiger partial charge in [-0.05, 0) is 37.4 Å². The van der Waals surface area contributed by atoms with Crippen molar-refractivity contribution in [2.24, 2.45) is 0 Å². The van der Waals surface area contributed by atoms with Crippen molar-refractivity contribution in [1.29, 1.82) is 0 Å². The van der Waals surface area contributed by atoms with E-state index < -0.39 is 0 Å². The van der Waals surface area contributed by atoms with Gasteiger partial charge in [0.05, 0.1) is 5.41 Å². The van der Waals surface area contributed by atoms with Crippen LogP contribution in [0, 0.1) is 0 Å². The average molecular weight is 235 g/mol. The van der Waals surface area contributed by atoms with Crippen LogP contribution >= 0.6 is 11.3 Å². The first-order valence-corrected chi connectivity index (χ1v) is 6.28. The van der Waals surface area contributed by atoms with E-state index in [9.17, 15) is 0 Å². The van der Waals surface area contributed by atoms with Gasteiger partial charge < -0.3 is 5.32 Å². The lowest BCUT2D eigenvalue weighted by molar-refractivity contribution is 0.351. The minimum Gasteiger partial charge on any atom is -0.317 e. The summed E-state index contributed by atoms with van der Waals surface area (Å²) < 4.78 is 0. The number of piperidine rings is 1. The number of H-pyrrole nitrogens is 1. The molecule has 2 aromatic heterocycles. The van der Waals surface area contributed by atoms with E-state index in [2.05, 4.69) is 43.5 Å². The minimum atomic E-state index is -0.0353. The van der Waals surface area contributed by atoms with Gasteiger partial charge in [0.15, 0.2) is 5.82 Å². The van der Waals surface area contributed by atoms with E-state index in [0.717, 1.165) is 31.8 Å². The van der Waals surface area contributed by atoms with Crippen LogP contribution in [-0.4, -0.2) is 33.7 Å². The van der Waals surface area contributed by atoms with E-state index in [-0.39, 0.29) is 5.41 Å². The zero-order chi connectivity index (χ0) is 10.8. The molecule has 0 amide bonds. The Balaban J connectivity index is 2.07. The van der Waals surface area contributed by atoms with Gasteiger partial charge in [-0.15, -0.1) is 21.5 Å². The topological polar surface area (TPSA) is 66.5 Å². The minimum absolute atomic E-state index is 0.0353. The van der Waals surface area contributed by atoms with Crippen LogP contribution in [-0.2, 0) is 5.41 Å². The second-order valence-electron chi connectivity index (χ2n) is 4.04. The van der Waals surface area contributed by atoms with E-state index in [1.165, 1.54) is 4.88 Å². The van der Waals surface area contributed by atoms with Crippen LogP contribution in [0.3, 0.4) is 0 Å². The first-order chi connectivity index (χ1) is 7.92. The van der Waals surface area contributed by atoms with Gasteiger partial charge in [-0.1, -0.05) is 11.3 Å². The number of hydrogen-bond acceptors (Lipinski definition) is 5. The summed E-state index contributed by atoms with van der Waals surface area (Å²) in [5.74, 6) is 0.830. The molecule has 0 bridgehead atoms. The fourth-order valence-corrected chi connectivity index (χ4v) is 3.33. The van der Waals surface area contributed by atoms with Crippen LogP contribution in [0.4, 0.5) is 0 Å². The van der Waals surface area contributed by atoms with Crippen molar-refractivity contribution in [2.75, 3.05) is 13.1 Å². The lowest BCUT2D eigenvalue weighted by Gasteiger charge is -2.33. The number of hydrogen-bond donors (Lipinski definition) is 2. The first kappa shape index (κ1) is 9.92. The Labute approximate surface area is 97.3 Å². The Morgan fingerprint density at radius 2 is 2.19 bits per heavy atom. The Kier molecular flexibility index (Phi) is 2.45. The van der Waals surface area contributed by atoms with Crippen LogP contribution in [0.15, 0.2) is 17.5 Å². The number of rotatable bonds is 2. The molecule has 0 saturated carbocycles. The Bertz CT molecular complexity index is 393. The molecule has 0 aromatic carbocycles. The van der Waals surface area contributed by atoms with Crippen molar-refractivity contribution in [3.05, 3.63) is 28.2 Å². The normalized spacial score (nSPS) is 19.8. The molecule has 0 unspecified atom stereocenters. The summed E-state index contributed by atoms with van der Waals surface area (Å²) in [6, 6.07) is 4.26. The largest absolute Gasteiger partial charge is 0.317 e. The smallest absolute Gasteiger partial charge is 0.185 e. The van der Waals surface area contributed by atoms with Gasteiger partial charge in [0.1, 0.15) is 0 Å². The summed E-state index contributed by atoms with van der Waals surface area (Å²) in [6.07, 6.45) is 2.07. The van der Waals surface area contributed by atoms with Crippen molar-refractivity contribution < 1.29 is 0 Å². The number of nitrogens with one attached hydrogen (secondary N) is 2. The standard InChI is InChI=1S/C10H13N5S/c1-2-8(16-7-1)10(3-5-11-6-4-10)9-12-14-15-13-9/h1-2,7,11H,3-6H2,(H,12,13,14,15). The average Bonchev–Trinajstić information content (AvgIpc) is 3.04. The zero-order valence-electron chi connectivity index (χ0n) is 8.81. The molecule has 2 aromatic rings. The van der Waals surface area contributed by atoms with E-state index >= 15 is 0 Å². The first-order valence-electron chi connectivity index (χ1n) is 5.40. The molecule has 0 aliphatic carbocycles. The predicted octanol–water partition coefficient (Wildman–Crippen LogP) is 0.931. The van der Waals surface area contributed by atoms with Gasteiger partial charge in [0, 0.05) is 4.88 Å². The molecule has 1 fully saturated rings. The van der Waals surface area contributed by atoms with E-state index in [0.29, 0.717) is 0 Å². The van der Waals surface area contributed by atoms with Crippen molar-refractivity contribution in [1.82, 2.24) is 25.9 Å². The van der Waals surface area contributed by atoms with Crippen molar-refractivity contribution in [3.63, 3.8) is 0 Å². The summed E-state index contributed by atoms with van der Waals surface area (Å²) in [6.45, 7) is 2.01. The molecule has 16 heavy (non-hydrogen) atoms. The Morgan fingerprint density at radius 3 is 2.81 bits per heavy atom. The maximum Gasteiger partial charge on any atom is 0.185 e. The van der Waals surface area contributed by atoms with E-state index in [1.54, 1.807) is 11.3 Å². The summed E-state index contributed by atoms with van der Waals surface area (Å²) in [5, 5.41) is 20.2. The molecule has 84 valence electrons. The molecular formula is C10H13N5S. The second-order valence-corrected chi connectivity index (χ2v) is 4.99. The van der Waals surface area contributed by atoms with Crippen molar-refractivity contribution >= 4 is 11.3 Å². The number of aromatic nitrogens is 4. The molecule has 2 N–H and O–H groups in total. The third kappa shape index (κ3) is 1.45. The highest BCUT2D eigenvalue weighted by molar-refractivity contribution is 7.10. The van der Waals surface area contributed by atoms with Crippen LogP contribution in [0.5, 0.6) is 0 Å². The van der Waals surface area contributed by atoms with E-state index in [4.69, 9.17) is 0 Å². The predicted molar refractivity (Wildman–Crippen MR) is 61.4 cm³/mol. The third-order valence-corrected chi connectivity index (χ3v) is 4.30. The molecule has 5 nitrogen and oxygen atoms in total. The monoisotopic (exact) mass is 235 g/mol. The summed E-state index contributed by atoms with van der Waals surface area (Å²) in [5.41, 5.74) is -0.0353. The maximum atomic E-state index is 4.20. The highest BCUT2D eigenvalue weighted by atomic mass is 32.1. The highest BCUT2D eigenvalue weighted by Gasteiger charge is 2.40. The van der Waals surface area contributed by atoms with Crippen LogP contribution in [0.25, 0.3) is 0 Å². The van der Waals surface area contributed by atoms with Crippen LogP contribution in [0.2, 0.25) is 0 Å². The van der Waals surface area contributed by atoms with Crippen molar-refractivity contribution in [3.8, 4) is 0 Å². The lowest BCUT2D eigenvalue weighted by atomic mass is 9.77. The molecule has 0 spiro atoms. The molecule has 1 aliphatic rings. The van der Waals surface area contributed by atoms with Gasteiger partial charge in [-0.2, -0.15) is 5.21 Å². The fourth-order valence-electron chi connectivity index (χ4n) is 2.35. The molecule has 6 heteroatoms. The van der Waals surface area contributed by atoms with Gasteiger partial charge in [-0.25, -0.2) is 0 Å². The second kappa shape index (κ2) is 3.95. The molecular weight excluding hydrogens is 222 g/mol. The molecule has 0 atom stereocenters. The Hall–Kier alpha value is -1.27. The van der Waals surface area contributed by atoms with Crippen LogP contribution in [0.1, 0.15) is 23.5 Å². The van der Waals surface area contributed by atoms with E-state index in [1.807, 2.05) is 0 Å². The van der Waals surface area contributed by atoms with Gasteiger partial charge >= 0.3 is 0 Å². The quantitative estimate of drug-likeness (QED) is 0.812. The zero-order valence-corrected chi connectivity index (χ0v) is 9.63. The third-order valence-electron chi connectivity index (χ3n) is 3.22. The molecule has 3 rings (SSSR count). The van der Waals surface area contributed by atoms with Gasteiger partial charge in [0.2, 0.25) is 0 Å². The molecule has 0 radical (unpaired) electrons. The summed E-state index contributed by atoms with van der Waals surface area (Å²) in [7, 11) is 0. The Morgan fingerprint density at radius 1 is 1.31 bits per heavy atom. The van der Waals surface area contributed by atoms with Crippen molar-refractivity contribution in [2.45, 2.75) is 18.3 Å².